The normalized spacial score (nSPS) is 14.0. The zero-order valence-electron chi connectivity index (χ0n) is 20.1. The summed E-state index contributed by atoms with van der Waals surface area (Å²) >= 11 is 0. The predicted octanol–water partition coefficient (Wildman–Crippen LogP) is 4.29. The third-order valence-electron chi connectivity index (χ3n) is 6.51. The van der Waals surface area contributed by atoms with Gasteiger partial charge in [0.25, 0.3) is 5.91 Å². The SMILES string of the molecule is Cc1ccccc1-c1ncccc1C(=O)N1CCC(C(=O)NCc2ccc(N(C)C)cc2)CC1. The van der Waals surface area contributed by atoms with Crippen molar-refractivity contribution in [3.8, 4) is 11.3 Å². The quantitative estimate of drug-likeness (QED) is 0.601. The molecule has 1 aliphatic heterocycles. The third kappa shape index (κ3) is 5.28. The summed E-state index contributed by atoms with van der Waals surface area (Å²) in [6, 6.07) is 19.8. The number of carbonyl (C=O) groups is 2. The molecule has 0 aliphatic carbocycles. The van der Waals surface area contributed by atoms with E-state index in [1.165, 1.54) is 0 Å². The molecule has 3 aromatic rings. The summed E-state index contributed by atoms with van der Waals surface area (Å²) in [6.07, 6.45) is 3.05. The first kappa shape index (κ1) is 23.5. The highest BCUT2D eigenvalue weighted by Crippen LogP contribution is 2.27. The summed E-state index contributed by atoms with van der Waals surface area (Å²) in [4.78, 5) is 34.5. The number of pyridine rings is 1. The Labute approximate surface area is 201 Å². The van der Waals surface area contributed by atoms with E-state index < -0.39 is 0 Å². The molecule has 2 amide bonds. The van der Waals surface area contributed by atoms with Gasteiger partial charge in [-0.1, -0.05) is 36.4 Å². The molecule has 0 saturated carbocycles. The number of piperidine rings is 1. The minimum absolute atomic E-state index is 0.0220. The van der Waals surface area contributed by atoms with Crippen LogP contribution in [0.3, 0.4) is 0 Å². The molecule has 2 aromatic carbocycles. The van der Waals surface area contributed by atoms with Crippen LogP contribution in [0.5, 0.6) is 0 Å². The third-order valence-corrected chi connectivity index (χ3v) is 6.51. The number of hydrogen-bond donors (Lipinski definition) is 1. The van der Waals surface area contributed by atoms with E-state index in [1.807, 2.05) is 73.3 Å². The van der Waals surface area contributed by atoms with Crippen molar-refractivity contribution in [2.45, 2.75) is 26.3 Å². The van der Waals surface area contributed by atoms with Gasteiger partial charge >= 0.3 is 0 Å². The lowest BCUT2D eigenvalue weighted by molar-refractivity contribution is -0.126. The van der Waals surface area contributed by atoms with E-state index in [4.69, 9.17) is 0 Å². The predicted molar refractivity (Wildman–Crippen MR) is 136 cm³/mol. The van der Waals surface area contributed by atoms with E-state index in [2.05, 4.69) is 22.4 Å². The summed E-state index contributed by atoms with van der Waals surface area (Å²) < 4.78 is 0. The molecule has 1 aliphatic rings. The molecule has 6 heteroatoms. The van der Waals surface area contributed by atoms with Crippen molar-refractivity contribution in [3.63, 3.8) is 0 Å². The van der Waals surface area contributed by atoms with Crippen molar-refractivity contribution in [2.75, 3.05) is 32.1 Å². The number of anilines is 1. The van der Waals surface area contributed by atoms with Crippen LogP contribution >= 0.6 is 0 Å². The van der Waals surface area contributed by atoms with E-state index in [0.717, 1.165) is 22.4 Å². The fraction of sp³-hybridized carbons (Fsp3) is 0.321. The molecule has 1 N–H and O–H groups in total. The van der Waals surface area contributed by atoms with Gasteiger partial charge in [0.05, 0.1) is 11.3 Å². The summed E-state index contributed by atoms with van der Waals surface area (Å²) in [5, 5.41) is 3.06. The molecular weight excluding hydrogens is 424 g/mol. The molecule has 0 radical (unpaired) electrons. The lowest BCUT2D eigenvalue weighted by Gasteiger charge is -2.31. The lowest BCUT2D eigenvalue weighted by atomic mass is 9.94. The second-order valence-electron chi connectivity index (χ2n) is 9.06. The number of nitrogens with one attached hydrogen (secondary N) is 1. The van der Waals surface area contributed by atoms with Gasteiger partial charge in [0.2, 0.25) is 5.91 Å². The second kappa shape index (κ2) is 10.5. The summed E-state index contributed by atoms with van der Waals surface area (Å²) in [6.45, 7) is 3.67. The molecule has 0 spiro atoms. The van der Waals surface area contributed by atoms with Crippen molar-refractivity contribution in [1.82, 2.24) is 15.2 Å². The van der Waals surface area contributed by atoms with Gasteiger partial charge < -0.3 is 15.1 Å². The fourth-order valence-electron chi connectivity index (χ4n) is 4.39. The number of benzene rings is 2. The van der Waals surface area contributed by atoms with Gasteiger partial charge in [0.1, 0.15) is 0 Å². The molecule has 1 aromatic heterocycles. The van der Waals surface area contributed by atoms with E-state index in [-0.39, 0.29) is 17.7 Å². The molecule has 0 unspecified atom stereocenters. The number of likely N-dealkylation sites (tertiary alicyclic amines) is 1. The first-order valence-electron chi connectivity index (χ1n) is 11.8. The summed E-state index contributed by atoms with van der Waals surface area (Å²) in [5.74, 6) is -0.0354. The molecule has 2 heterocycles. The molecule has 176 valence electrons. The summed E-state index contributed by atoms with van der Waals surface area (Å²) in [5.41, 5.74) is 5.59. The Kier molecular flexibility index (Phi) is 7.26. The Bertz CT molecular complexity index is 1150. The highest BCUT2D eigenvalue weighted by atomic mass is 16.2. The van der Waals surface area contributed by atoms with Crippen LogP contribution < -0.4 is 10.2 Å². The number of amides is 2. The monoisotopic (exact) mass is 456 g/mol. The molecule has 34 heavy (non-hydrogen) atoms. The summed E-state index contributed by atoms with van der Waals surface area (Å²) in [7, 11) is 4.01. The highest BCUT2D eigenvalue weighted by molar-refractivity contribution is 6.00. The molecule has 0 bridgehead atoms. The maximum atomic E-state index is 13.3. The smallest absolute Gasteiger partial charge is 0.256 e. The van der Waals surface area contributed by atoms with Crippen LogP contribution in [0.1, 0.15) is 34.3 Å². The average molecular weight is 457 g/mol. The van der Waals surface area contributed by atoms with Gasteiger partial charge in [-0.05, 0) is 55.2 Å². The standard InChI is InChI=1S/C28H32N4O2/c1-20-7-4-5-8-24(20)26-25(9-6-16-29-26)28(34)32-17-14-22(15-18-32)27(33)30-19-21-10-12-23(13-11-21)31(2)3/h4-13,16,22H,14-15,17-19H2,1-3H3,(H,30,33). The molecule has 1 fully saturated rings. The molecule has 0 atom stereocenters. The lowest BCUT2D eigenvalue weighted by Crippen LogP contribution is -2.43. The molecular formula is C28H32N4O2. The van der Waals surface area contributed by atoms with Crippen LogP contribution in [0, 0.1) is 12.8 Å². The number of aryl methyl sites for hydroxylation is 1. The Morgan fingerprint density at radius 3 is 2.38 bits per heavy atom. The molecule has 6 nitrogen and oxygen atoms in total. The maximum Gasteiger partial charge on any atom is 0.256 e. The zero-order chi connectivity index (χ0) is 24.1. The van der Waals surface area contributed by atoms with Crippen LogP contribution in [0.2, 0.25) is 0 Å². The van der Waals surface area contributed by atoms with Crippen LogP contribution in [0.25, 0.3) is 11.3 Å². The maximum absolute atomic E-state index is 13.3. The van der Waals surface area contributed by atoms with Crippen LogP contribution in [0.4, 0.5) is 5.69 Å². The Hall–Kier alpha value is -3.67. The van der Waals surface area contributed by atoms with Crippen molar-refractivity contribution < 1.29 is 9.59 Å². The fourth-order valence-corrected chi connectivity index (χ4v) is 4.39. The van der Waals surface area contributed by atoms with E-state index >= 15 is 0 Å². The minimum atomic E-state index is -0.0742. The van der Waals surface area contributed by atoms with Crippen molar-refractivity contribution in [2.24, 2.45) is 5.92 Å². The topological polar surface area (TPSA) is 65.5 Å². The van der Waals surface area contributed by atoms with Crippen molar-refractivity contribution in [3.05, 3.63) is 83.6 Å². The van der Waals surface area contributed by atoms with Crippen molar-refractivity contribution in [1.29, 1.82) is 0 Å². The van der Waals surface area contributed by atoms with E-state index in [9.17, 15) is 9.59 Å². The van der Waals surface area contributed by atoms with Crippen LogP contribution in [-0.2, 0) is 11.3 Å². The Morgan fingerprint density at radius 1 is 1.00 bits per heavy atom. The van der Waals surface area contributed by atoms with Gasteiger partial charge in [-0.2, -0.15) is 0 Å². The number of rotatable bonds is 6. The molecule has 1 saturated heterocycles. The van der Waals surface area contributed by atoms with Gasteiger partial charge in [-0.25, -0.2) is 0 Å². The number of carbonyl (C=O) groups excluding carboxylic acids is 2. The van der Waals surface area contributed by atoms with Gasteiger partial charge in [0, 0.05) is 57.1 Å². The van der Waals surface area contributed by atoms with Crippen LogP contribution in [0.15, 0.2) is 66.9 Å². The van der Waals surface area contributed by atoms with Gasteiger partial charge in [0.15, 0.2) is 0 Å². The van der Waals surface area contributed by atoms with Gasteiger partial charge in [-0.3, -0.25) is 14.6 Å². The number of aromatic nitrogens is 1. The van der Waals surface area contributed by atoms with Gasteiger partial charge in [-0.15, -0.1) is 0 Å². The first-order valence-corrected chi connectivity index (χ1v) is 11.8. The van der Waals surface area contributed by atoms with E-state index in [0.29, 0.717) is 43.7 Å². The zero-order valence-corrected chi connectivity index (χ0v) is 20.1. The minimum Gasteiger partial charge on any atom is -0.378 e. The second-order valence-corrected chi connectivity index (χ2v) is 9.06. The van der Waals surface area contributed by atoms with E-state index in [1.54, 1.807) is 12.3 Å². The number of nitrogens with zero attached hydrogens (tertiary/aromatic N) is 3. The van der Waals surface area contributed by atoms with Crippen LogP contribution in [-0.4, -0.2) is 48.9 Å². The largest absolute Gasteiger partial charge is 0.378 e. The molecule has 4 rings (SSSR count). The average Bonchev–Trinajstić information content (AvgIpc) is 2.87. The Balaban J connectivity index is 1.35. The highest BCUT2D eigenvalue weighted by Gasteiger charge is 2.29. The Morgan fingerprint density at radius 2 is 1.71 bits per heavy atom. The first-order chi connectivity index (χ1) is 16.4. The van der Waals surface area contributed by atoms with Crippen molar-refractivity contribution >= 4 is 17.5 Å². The number of hydrogen-bond acceptors (Lipinski definition) is 4.